The summed E-state index contributed by atoms with van der Waals surface area (Å²) in [5.74, 6) is -3.06. The van der Waals surface area contributed by atoms with E-state index in [1.54, 1.807) is 0 Å². The fraction of sp³-hybridized carbons (Fsp3) is 0.789. The number of carbonyl (C=O) groups excluding carboxylic acids is 4. The lowest BCUT2D eigenvalue weighted by Crippen LogP contribution is -2.51. The zero-order valence-electron chi connectivity index (χ0n) is 17.0. The van der Waals surface area contributed by atoms with Gasteiger partial charge in [0.1, 0.15) is 12.1 Å². The molecule has 0 unspecified atom stereocenters. The van der Waals surface area contributed by atoms with Gasteiger partial charge in [-0.05, 0) is 24.7 Å². The van der Waals surface area contributed by atoms with Crippen molar-refractivity contribution < 1.29 is 28.7 Å². The Balaban J connectivity index is 2.84. The number of nitrogens with one attached hydrogen (secondary N) is 2. The molecule has 2 N–H and O–H groups in total. The second kappa shape index (κ2) is 10.3. The largest absolute Gasteiger partial charge is 0.467 e. The van der Waals surface area contributed by atoms with E-state index in [-0.39, 0.29) is 23.7 Å². The minimum Gasteiger partial charge on any atom is -0.467 e. The molecule has 0 aromatic heterocycles. The normalized spacial score (nSPS) is 21.5. The van der Waals surface area contributed by atoms with Crippen molar-refractivity contribution in [2.45, 2.75) is 59.0 Å². The molecule has 0 aromatic rings. The number of esters is 2. The van der Waals surface area contributed by atoms with E-state index in [0.717, 1.165) is 6.42 Å². The van der Waals surface area contributed by atoms with Gasteiger partial charge in [-0.2, -0.15) is 0 Å². The van der Waals surface area contributed by atoms with E-state index in [2.05, 4.69) is 10.6 Å². The number of ether oxygens (including phenoxy) is 2. The van der Waals surface area contributed by atoms with E-state index in [9.17, 15) is 19.2 Å². The quantitative estimate of drug-likeness (QED) is 0.605. The van der Waals surface area contributed by atoms with E-state index in [1.165, 1.54) is 14.2 Å². The van der Waals surface area contributed by atoms with Crippen molar-refractivity contribution in [3.05, 3.63) is 0 Å². The van der Waals surface area contributed by atoms with Crippen LogP contribution in [0, 0.1) is 23.7 Å². The summed E-state index contributed by atoms with van der Waals surface area (Å²) < 4.78 is 9.49. The topological polar surface area (TPSA) is 111 Å². The van der Waals surface area contributed by atoms with Gasteiger partial charge in [0.25, 0.3) is 0 Å². The van der Waals surface area contributed by atoms with Gasteiger partial charge in [0.15, 0.2) is 0 Å². The number of carbonyl (C=O) groups is 4. The van der Waals surface area contributed by atoms with E-state index in [4.69, 9.17) is 9.47 Å². The molecule has 0 bridgehead atoms. The maximum absolute atomic E-state index is 12.7. The molecule has 1 rings (SSSR count). The Morgan fingerprint density at radius 3 is 1.33 bits per heavy atom. The minimum atomic E-state index is -0.759. The Bertz CT molecular complexity index is 512. The predicted octanol–water partition coefficient (Wildman–Crippen LogP) is 1.03. The van der Waals surface area contributed by atoms with Crippen LogP contribution >= 0.6 is 0 Å². The number of hydrogen-bond acceptors (Lipinski definition) is 6. The highest BCUT2D eigenvalue weighted by molar-refractivity contribution is 5.92. The Morgan fingerprint density at radius 2 is 1.07 bits per heavy atom. The highest BCUT2D eigenvalue weighted by Gasteiger charge is 2.41. The molecule has 0 heterocycles. The first kappa shape index (κ1) is 22.9. The van der Waals surface area contributed by atoms with E-state index >= 15 is 0 Å². The van der Waals surface area contributed by atoms with Crippen LogP contribution in [-0.2, 0) is 28.7 Å². The fourth-order valence-electron chi connectivity index (χ4n) is 3.36. The Hall–Kier alpha value is -2.12. The van der Waals surface area contributed by atoms with Crippen LogP contribution in [0.1, 0.15) is 47.0 Å². The van der Waals surface area contributed by atoms with Crippen LogP contribution in [0.2, 0.25) is 0 Å². The van der Waals surface area contributed by atoms with Gasteiger partial charge in [-0.1, -0.05) is 34.1 Å². The number of hydrogen-bond donors (Lipinski definition) is 2. The van der Waals surface area contributed by atoms with Gasteiger partial charge in [0.2, 0.25) is 11.8 Å². The van der Waals surface area contributed by atoms with Gasteiger partial charge in [-0.3, -0.25) is 9.59 Å². The average Bonchev–Trinajstić information content (AvgIpc) is 3.11. The molecule has 8 heteroatoms. The molecule has 1 aliphatic rings. The van der Waals surface area contributed by atoms with Crippen LogP contribution in [0.4, 0.5) is 0 Å². The Morgan fingerprint density at radius 1 is 0.741 bits per heavy atom. The monoisotopic (exact) mass is 384 g/mol. The maximum Gasteiger partial charge on any atom is 0.328 e. The summed E-state index contributed by atoms with van der Waals surface area (Å²) in [5, 5.41) is 5.44. The standard InChI is InChI=1S/C19H32N2O6/c1-10(2)14(18(24)26-5)20-16(22)12-8-7-9-13(12)17(23)21-15(11(3)4)19(25)27-6/h10-15H,7-9H2,1-6H3,(H,20,22)(H,21,23)/t12-,13-,14-,15-/m0/s1. The molecule has 0 aromatic carbocycles. The maximum atomic E-state index is 12.7. The summed E-state index contributed by atoms with van der Waals surface area (Å²) in [6.45, 7) is 7.24. The van der Waals surface area contributed by atoms with Crippen molar-refractivity contribution in [2.75, 3.05) is 14.2 Å². The van der Waals surface area contributed by atoms with Gasteiger partial charge in [-0.25, -0.2) is 9.59 Å². The van der Waals surface area contributed by atoms with Crippen LogP contribution in [-0.4, -0.2) is 50.1 Å². The van der Waals surface area contributed by atoms with E-state index < -0.39 is 35.9 Å². The van der Waals surface area contributed by atoms with Crippen LogP contribution in [0.25, 0.3) is 0 Å². The van der Waals surface area contributed by atoms with Crippen LogP contribution < -0.4 is 10.6 Å². The molecule has 4 atom stereocenters. The lowest BCUT2D eigenvalue weighted by Gasteiger charge is -2.26. The molecular weight excluding hydrogens is 352 g/mol. The molecule has 1 fully saturated rings. The summed E-state index contributed by atoms with van der Waals surface area (Å²) in [5.41, 5.74) is 0. The van der Waals surface area contributed by atoms with Gasteiger partial charge < -0.3 is 20.1 Å². The predicted molar refractivity (Wildman–Crippen MR) is 98.4 cm³/mol. The van der Waals surface area contributed by atoms with Crippen LogP contribution in [0.15, 0.2) is 0 Å². The van der Waals surface area contributed by atoms with E-state index in [1.807, 2.05) is 27.7 Å². The highest BCUT2D eigenvalue weighted by atomic mass is 16.5. The van der Waals surface area contributed by atoms with Gasteiger partial charge in [0, 0.05) is 11.8 Å². The molecule has 27 heavy (non-hydrogen) atoms. The number of amides is 2. The van der Waals surface area contributed by atoms with Gasteiger partial charge in [0.05, 0.1) is 14.2 Å². The smallest absolute Gasteiger partial charge is 0.328 e. The zero-order chi connectivity index (χ0) is 20.7. The molecule has 8 nitrogen and oxygen atoms in total. The van der Waals surface area contributed by atoms with Gasteiger partial charge >= 0.3 is 11.9 Å². The summed E-state index contributed by atoms with van der Waals surface area (Å²) in [6, 6.07) is -1.52. The summed E-state index contributed by atoms with van der Waals surface area (Å²) in [4.78, 5) is 49.2. The van der Waals surface area contributed by atoms with Crippen molar-refractivity contribution in [3.8, 4) is 0 Å². The third kappa shape index (κ3) is 5.94. The molecule has 0 radical (unpaired) electrons. The first-order valence-corrected chi connectivity index (χ1v) is 9.40. The lowest BCUT2D eigenvalue weighted by molar-refractivity contribution is -0.148. The summed E-state index contributed by atoms with van der Waals surface area (Å²) in [7, 11) is 2.54. The van der Waals surface area contributed by atoms with Crippen LogP contribution in [0.5, 0.6) is 0 Å². The number of methoxy groups -OCH3 is 2. The van der Waals surface area contributed by atoms with Crippen molar-refractivity contribution >= 4 is 23.8 Å². The molecule has 2 amide bonds. The van der Waals surface area contributed by atoms with Gasteiger partial charge in [-0.15, -0.1) is 0 Å². The van der Waals surface area contributed by atoms with Crippen molar-refractivity contribution in [1.29, 1.82) is 0 Å². The molecule has 1 saturated carbocycles. The van der Waals surface area contributed by atoms with Crippen molar-refractivity contribution in [2.24, 2.45) is 23.7 Å². The van der Waals surface area contributed by atoms with Crippen molar-refractivity contribution in [1.82, 2.24) is 10.6 Å². The van der Waals surface area contributed by atoms with Crippen molar-refractivity contribution in [3.63, 3.8) is 0 Å². The molecule has 1 aliphatic carbocycles. The second-order valence-corrected chi connectivity index (χ2v) is 7.65. The second-order valence-electron chi connectivity index (χ2n) is 7.65. The fourth-order valence-corrected chi connectivity index (χ4v) is 3.36. The third-order valence-corrected chi connectivity index (χ3v) is 5.03. The molecule has 0 aliphatic heterocycles. The summed E-state index contributed by atoms with van der Waals surface area (Å²) in [6.07, 6.45) is 1.84. The highest BCUT2D eigenvalue weighted by Crippen LogP contribution is 2.32. The Labute approximate surface area is 160 Å². The molecule has 0 saturated heterocycles. The van der Waals surface area contributed by atoms with Crippen LogP contribution in [0.3, 0.4) is 0 Å². The minimum absolute atomic E-state index is 0.139. The molecule has 0 spiro atoms. The molecular formula is C19H32N2O6. The average molecular weight is 384 g/mol. The van der Waals surface area contributed by atoms with E-state index in [0.29, 0.717) is 12.8 Å². The molecule has 154 valence electrons. The third-order valence-electron chi connectivity index (χ3n) is 5.03. The lowest BCUT2D eigenvalue weighted by atomic mass is 9.92. The SMILES string of the molecule is COC(=O)[C@@H](NC(=O)[C@H]1CCC[C@@H]1C(=O)N[C@H](C(=O)OC)C(C)C)C(C)C. The summed E-state index contributed by atoms with van der Waals surface area (Å²) >= 11 is 0. The number of rotatable bonds is 8. The first-order valence-electron chi connectivity index (χ1n) is 9.40. The zero-order valence-corrected chi connectivity index (χ0v) is 17.0. The first-order chi connectivity index (χ1) is 12.6. The Kier molecular flexibility index (Phi) is 8.72.